The average molecular weight is 648 g/mol. The fourth-order valence-electron chi connectivity index (χ4n) is 7.07. The molecule has 3 amide bonds. The number of esters is 1. The van der Waals surface area contributed by atoms with Gasteiger partial charge in [-0.05, 0) is 55.5 Å². The van der Waals surface area contributed by atoms with Gasteiger partial charge in [-0.25, -0.2) is 0 Å². The first-order valence-electron chi connectivity index (χ1n) is 15.9. The van der Waals surface area contributed by atoms with Crippen molar-refractivity contribution in [3.63, 3.8) is 0 Å². The standard InChI is InChI=1S/C35H38ClN3O7/c36-24-13-15-25(16-14-24)38-19-7-2-6-12-28(41)45-22-26(23-10-4-1-5-11-23)37-32(42)29-27-17-18-35(46-27)30(29)33(43)39(31(35)34(38)44)20-8-3-9-21-40/h1-2,4-5,7,10-11,13-18,26-27,29-31,40H,3,6,8-9,12,19-22H2,(H,37,42)/b7-2-/t26-,27-,29+,30+,31-,35+/m0/s1. The molecule has 11 heteroatoms. The topological polar surface area (TPSA) is 125 Å². The molecule has 5 bridgehead atoms. The molecule has 4 aliphatic heterocycles. The van der Waals surface area contributed by atoms with Crippen LogP contribution >= 0.6 is 11.6 Å². The Balaban J connectivity index is 1.41. The minimum absolute atomic E-state index is 0.0349. The Morgan fingerprint density at radius 1 is 0.957 bits per heavy atom. The van der Waals surface area contributed by atoms with Gasteiger partial charge in [-0.15, -0.1) is 0 Å². The molecule has 242 valence electrons. The van der Waals surface area contributed by atoms with Gasteiger partial charge in [0.05, 0.1) is 24.0 Å². The molecule has 0 aromatic heterocycles. The molecule has 2 aromatic carbocycles. The molecule has 10 nitrogen and oxygen atoms in total. The number of hydrogen-bond donors (Lipinski definition) is 2. The van der Waals surface area contributed by atoms with E-state index in [4.69, 9.17) is 21.1 Å². The number of benzene rings is 2. The Labute approximate surface area is 273 Å². The molecule has 0 radical (unpaired) electrons. The predicted octanol–water partition coefficient (Wildman–Crippen LogP) is 3.74. The summed E-state index contributed by atoms with van der Waals surface area (Å²) in [6.07, 6.45) is 8.86. The van der Waals surface area contributed by atoms with Gasteiger partial charge < -0.3 is 29.7 Å². The lowest BCUT2D eigenvalue weighted by molar-refractivity contribution is -0.145. The number of allylic oxidation sites excluding steroid dienone is 1. The quantitative estimate of drug-likeness (QED) is 0.267. The van der Waals surface area contributed by atoms with Gasteiger partial charge in [-0.2, -0.15) is 0 Å². The van der Waals surface area contributed by atoms with Gasteiger partial charge >= 0.3 is 5.97 Å². The second kappa shape index (κ2) is 13.8. The van der Waals surface area contributed by atoms with Crippen molar-refractivity contribution in [3.05, 3.63) is 89.5 Å². The van der Waals surface area contributed by atoms with Crippen LogP contribution in [0.25, 0.3) is 0 Å². The van der Waals surface area contributed by atoms with Crippen LogP contribution in [0, 0.1) is 11.8 Å². The normalized spacial score (nSPS) is 30.3. The molecule has 2 fully saturated rings. The summed E-state index contributed by atoms with van der Waals surface area (Å²) in [4.78, 5) is 59.1. The molecule has 0 saturated carbocycles. The van der Waals surface area contributed by atoms with Gasteiger partial charge in [0.1, 0.15) is 18.2 Å². The molecule has 6 rings (SSSR count). The smallest absolute Gasteiger partial charge is 0.306 e. The lowest BCUT2D eigenvalue weighted by Gasteiger charge is -2.36. The minimum Gasteiger partial charge on any atom is -0.463 e. The molecular formula is C35H38ClN3O7. The zero-order valence-corrected chi connectivity index (χ0v) is 26.2. The third kappa shape index (κ3) is 6.09. The van der Waals surface area contributed by atoms with Crippen molar-refractivity contribution in [2.75, 3.05) is 31.2 Å². The summed E-state index contributed by atoms with van der Waals surface area (Å²) in [6.45, 7) is 0.412. The van der Waals surface area contributed by atoms with Crippen molar-refractivity contribution in [2.24, 2.45) is 11.8 Å². The third-order valence-electron chi connectivity index (χ3n) is 9.27. The maximum Gasteiger partial charge on any atom is 0.306 e. The van der Waals surface area contributed by atoms with Crippen molar-refractivity contribution in [1.29, 1.82) is 0 Å². The lowest BCUT2D eigenvalue weighted by atomic mass is 9.74. The zero-order chi connectivity index (χ0) is 32.3. The van der Waals surface area contributed by atoms with Crippen molar-refractivity contribution in [2.45, 2.75) is 55.9 Å². The molecule has 0 unspecified atom stereocenters. The molecular weight excluding hydrogens is 610 g/mol. The molecule has 0 aliphatic carbocycles. The number of unbranched alkanes of at least 4 members (excludes halogenated alkanes) is 2. The number of carbonyl (C=O) groups is 4. The highest BCUT2D eigenvalue weighted by molar-refractivity contribution is 6.30. The number of fused-ring (bicyclic) bond motifs is 2. The SMILES string of the molecule is O=C1CC/C=C\CN(c2ccc(Cl)cc2)C(=O)[C@@H]2N(CCCCCO)C(=O)[C@H]3[C@H](C(=O)N[C@H](c4ccccc4)CO1)[C@@H]1C=C[C@]23O1. The molecule has 2 N–H and O–H groups in total. The van der Waals surface area contributed by atoms with Gasteiger partial charge in [0, 0.05) is 36.8 Å². The van der Waals surface area contributed by atoms with Gasteiger partial charge in [-0.3, -0.25) is 19.2 Å². The number of nitrogens with zero attached hydrogens (tertiary/aromatic N) is 2. The number of rotatable bonds is 7. The highest BCUT2D eigenvalue weighted by Crippen LogP contribution is 2.55. The van der Waals surface area contributed by atoms with E-state index in [9.17, 15) is 24.3 Å². The predicted molar refractivity (Wildman–Crippen MR) is 171 cm³/mol. The summed E-state index contributed by atoms with van der Waals surface area (Å²) in [6, 6.07) is 14.4. The van der Waals surface area contributed by atoms with Crippen LogP contribution in [0.5, 0.6) is 0 Å². The van der Waals surface area contributed by atoms with Crippen molar-refractivity contribution < 1.29 is 33.8 Å². The van der Waals surface area contributed by atoms with Crippen LogP contribution in [0.1, 0.15) is 43.7 Å². The van der Waals surface area contributed by atoms with Gasteiger partial charge in [-0.1, -0.05) is 66.2 Å². The Kier molecular flexibility index (Phi) is 9.58. The van der Waals surface area contributed by atoms with Crippen LogP contribution in [0.4, 0.5) is 5.69 Å². The number of anilines is 1. The summed E-state index contributed by atoms with van der Waals surface area (Å²) in [5.74, 6) is -3.30. The number of nitrogens with one attached hydrogen (secondary N) is 1. The van der Waals surface area contributed by atoms with E-state index in [0.29, 0.717) is 36.4 Å². The van der Waals surface area contributed by atoms with E-state index in [1.807, 2.05) is 42.5 Å². The Morgan fingerprint density at radius 2 is 1.74 bits per heavy atom. The van der Waals surface area contributed by atoms with Crippen molar-refractivity contribution in [1.82, 2.24) is 10.2 Å². The maximum atomic E-state index is 14.8. The first-order valence-corrected chi connectivity index (χ1v) is 16.2. The highest BCUT2D eigenvalue weighted by atomic mass is 35.5. The van der Waals surface area contributed by atoms with Gasteiger partial charge in [0.25, 0.3) is 5.91 Å². The maximum absolute atomic E-state index is 14.8. The van der Waals surface area contributed by atoms with Gasteiger partial charge in [0.2, 0.25) is 11.8 Å². The van der Waals surface area contributed by atoms with E-state index < -0.39 is 47.5 Å². The highest BCUT2D eigenvalue weighted by Gasteiger charge is 2.73. The van der Waals surface area contributed by atoms with Gasteiger partial charge in [0.15, 0.2) is 0 Å². The number of cyclic esters (lactones) is 1. The first kappa shape index (κ1) is 32.0. The lowest BCUT2D eigenvalue weighted by Crippen LogP contribution is -2.56. The van der Waals surface area contributed by atoms with Crippen molar-refractivity contribution >= 4 is 41.0 Å². The monoisotopic (exact) mass is 647 g/mol. The third-order valence-corrected chi connectivity index (χ3v) is 9.52. The average Bonchev–Trinajstić information content (AvgIpc) is 3.70. The van der Waals surface area contributed by atoms with Crippen LogP contribution in [-0.2, 0) is 28.7 Å². The summed E-state index contributed by atoms with van der Waals surface area (Å²) >= 11 is 6.18. The fourth-order valence-corrected chi connectivity index (χ4v) is 7.20. The van der Waals surface area contributed by atoms with Crippen LogP contribution in [0.3, 0.4) is 0 Å². The number of amides is 3. The van der Waals surface area contributed by atoms with E-state index in [2.05, 4.69) is 5.32 Å². The summed E-state index contributed by atoms with van der Waals surface area (Å²) in [7, 11) is 0. The van der Waals surface area contributed by atoms with Crippen LogP contribution in [0.2, 0.25) is 5.02 Å². The largest absolute Gasteiger partial charge is 0.463 e. The number of likely N-dealkylation sites (tertiary alicyclic amines) is 1. The molecule has 2 saturated heterocycles. The van der Waals surface area contributed by atoms with E-state index in [1.165, 1.54) is 0 Å². The van der Waals surface area contributed by atoms with Crippen LogP contribution in [0.15, 0.2) is 78.9 Å². The number of ether oxygens (including phenoxy) is 2. The van der Waals surface area contributed by atoms with Crippen LogP contribution < -0.4 is 10.2 Å². The molecule has 6 atom stereocenters. The number of halogens is 1. The van der Waals surface area contributed by atoms with E-state index >= 15 is 0 Å². The summed E-state index contributed by atoms with van der Waals surface area (Å²) < 4.78 is 12.1. The first-order chi connectivity index (χ1) is 22.3. The number of hydrogen-bond acceptors (Lipinski definition) is 7. The number of aliphatic hydroxyl groups excluding tert-OH is 1. The van der Waals surface area contributed by atoms with E-state index in [-0.39, 0.29) is 44.5 Å². The minimum atomic E-state index is -1.34. The van der Waals surface area contributed by atoms with Crippen LogP contribution in [-0.4, -0.2) is 77.7 Å². The number of aliphatic hydroxyl groups is 1. The fraction of sp³-hybridized carbons (Fsp3) is 0.429. The molecule has 4 aliphatic rings. The number of carbonyl (C=O) groups excluding carboxylic acids is 4. The molecule has 46 heavy (non-hydrogen) atoms. The zero-order valence-electron chi connectivity index (χ0n) is 25.4. The van der Waals surface area contributed by atoms with E-state index in [1.54, 1.807) is 46.2 Å². The Bertz CT molecular complexity index is 1510. The molecule has 1 spiro atoms. The van der Waals surface area contributed by atoms with E-state index in [0.717, 1.165) is 5.56 Å². The molecule has 2 aromatic rings. The second-order valence-corrected chi connectivity index (χ2v) is 12.5. The van der Waals surface area contributed by atoms with Crippen molar-refractivity contribution in [3.8, 4) is 0 Å². The molecule has 4 heterocycles. The Morgan fingerprint density at radius 3 is 2.50 bits per heavy atom. The Hall–Kier alpha value is -3.99. The second-order valence-electron chi connectivity index (χ2n) is 12.1. The summed E-state index contributed by atoms with van der Waals surface area (Å²) in [5, 5.41) is 12.9. The summed E-state index contributed by atoms with van der Waals surface area (Å²) in [5.41, 5.74) is 0.000597.